The summed E-state index contributed by atoms with van der Waals surface area (Å²) in [6.45, 7) is 4.41. The van der Waals surface area contributed by atoms with Gasteiger partial charge in [-0.05, 0) is 67.9 Å². The Labute approximate surface area is 191 Å². The molecular weight excluding hydrogens is 418 g/mol. The smallest absolute Gasteiger partial charge is 0.354 e. The molecule has 0 atom stereocenters. The number of hydrogen-bond donors (Lipinski definition) is 1. The maximum absolute atomic E-state index is 12.0. The number of para-hydroxylation sites is 1. The van der Waals surface area contributed by atoms with Gasteiger partial charge in [0.2, 0.25) is 11.6 Å². The molecule has 8 nitrogen and oxygen atoms in total. The Balaban J connectivity index is 1.62. The fourth-order valence-corrected chi connectivity index (χ4v) is 3.44. The predicted molar refractivity (Wildman–Crippen MR) is 129 cm³/mol. The number of ether oxygens (including phenoxy) is 1. The summed E-state index contributed by atoms with van der Waals surface area (Å²) in [6.07, 6.45) is 1.33. The predicted octanol–water partition coefficient (Wildman–Crippen LogP) is 6.39. The second-order valence-corrected chi connectivity index (χ2v) is 7.30. The standard InChI is InChI=1S/C25H23N5O3/c1-3-29(20-9-7-8-18(2)16-20)25-23(30(31)32)24(26-17-27-25)28-19-12-14-22(15-13-19)33-21-10-5-4-6-11-21/h4-17H,3H2,1-2H3,(H,26,27,28). The summed E-state index contributed by atoms with van der Waals surface area (Å²) < 4.78 is 5.80. The average Bonchev–Trinajstić information content (AvgIpc) is 2.82. The van der Waals surface area contributed by atoms with Gasteiger partial charge in [-0.25, -0.2) is 9.97 Å². The van der Waals surface area contributed by atoms with Crippen molar-refractivity contribution in [2.45, 2.75) is 13.8 Å². The first-order valence-electron chi connectivity index (χ1n) is 10.5. The minimum atomic E-state index is -0.455. The second kappa shape index (κ2) is 9.78. The molecule has 4 aromatic rings. The molecule has 4 rings (SSSR count). The molecule has 0 saturated heterocycles. The van der Waals surface area contributed by atoms with Gasteiger partial charge in [0, 0.05) is 17.9 Å². The van der Waals surface area contributed by atoms with E-state index in [9.17, 15) is 10.1 Å². The van der Waals surface area contributed by atoms with Gasteiger partial charge in [0.25, 0.3) is 0 Å². The molecule has 8 heteroatoms. The van der Waals surface area contributed by atoms with E-state index in [-0.39, 0.29) is 17.3 Å². The van der Waals surface area contributed by atoms with Crippen LogP contribution >= 0.6 is 0 Å². The Kier molecular flexibility index (Phi) is 6.45. The van der Waals surface area contributed by atoms with Crippen LogP contribution in [0.1, 0.15) is 12.5 Å². The van der Waals surface area contributed by atoms with Crippen LogP contribution in [0.25, 0.3) is 0 Å². The zero-order valence-corrected chi connectivity index (χ0v) is 18.3. The molecular formula is C25H23N5O3. The fraction of sp³-hybridized carbons (Fsp3) is 0.120. The SMILES string of the molecule is CCN(c1cccc(C)c1)c1ncnc(Nc2ccc(Oc3ccccc3)cc2)c1[N+](=O)[O-]. The van der Waals surface area contributed by atoms with Crippen LogP contribution in [0, 0.1) is 17.0 Å². The Bertz CT molecular complexity index is 1250. The van der Waals surface area contributed by atoms with E-state index in [1.165, 1.54) is 6.33 Å². The van der Waals surface area contributed by atoms with E-state index in [1.54, 1.807) is 29.2 Å². The van der Waals surface area contributed by atoms with Crippen LogP contribution in [0.5, 0.6) is 11.5 Å². The maximum Gasteiger partial charge on any atom is 0.354 e. The molecule has 1 N–H and O–H groups in total. The lowest BCUT2D eigenvalue weighted by Crippen LogP contribution is -2.19. The first kappa shape index (κ1) is 21.8. The van der Waals surface area contributed by atoms with Crippen LogP contribution in [-0.4, -0.2) is 21.4 Å². The largest absolute Gasteiger partial charge is 0.457 e. The molecule has 1 heterocycles. The van der Waals surface area contributed by atoms with E-state index >= 15 is 0 Å². The molecule has 166 valence electrons. The van der Waals surface area contributed by atoms with Crippen molar-refractivity contribution in [1.82, 2.24) is 9.97 Å². The lowest BCUT2D eigenvalue weighted by molar-refractivity contribution is -0.383. The average molecular weight is 441 g/mol. The molecule has 0 aliphatic heterocycles. The van der Waals surface area contributed by atoms with Gasteiger partial charge < -0.3 is 15.0 Å². The number of nitro groups is 1. The summed E-state index contributed by atoms with van der Waals surface area (Å²) in [5.74, 6) is 1.73. The van der Waals surface area contributed by atoms with E-state index in [2.05, 4.69) is 15.3 Å². The van der Waals surface area contributed by atoms with E-state index in [4.69, 9.17) is 4.74 Å². The Hall–Kier alpha value is -4.46. The maximum atomic E-state index is 12.0. The Morgan fingerprint density at radius 1 is 0.970 bits per heavy atom. The molecule has 0 fully saturated rings. The van der Waals surface area contributed by atoms with E-state index in [0.717, 1.165) is 17.0 Å². The van der Waals surface area contributed by atoms with Crippen molar-refractivity contribution in [3.05, 3.63) is 101 Å². The molecule has 3 aromatic carbocycles. The lowest BCUT2D eigenvalue weighted by Gasteiger charge is -2.22. The van der Waals surface area contributed by atoms with Gasteiger partial charge >= 0.3 is 5.69 Å². The monoisotopic (exact) mass is 441 g/mol. The first-order chi connectivity index (χ1) is 16.0. The fourth-order valence-electron chi connectivity index (χ4n) is 3.44. The van der Waals surface area contributed by atoms with Gasteiger partial charge in [-0.3, -0.25) is 10.1 Å². The molecule has 0 amide bonds. The third kappa shape index (κ3) is 5.07. The topological polar surface area (TPSA) is 93.4 Å². The number of rotatable bonds is 8. The van der Waals surface area contributed by atoms with Crippen molar-refractivity contribution >= 4 is 28.7 Å². The van der Waals surface area contributed by atoms with E-state index < -0.39 is 4.92 Å². The van der Waals surface area contributed by atoms with Crippen LogP contribution in [0.3, 0.4) is 0 Å². The third-order valence-electron chi connectivity index (χ3n) is 4.97. The van der Waals surface area contributed by atoms with Crippen molar-refractivity contribution in [3.8, 4) is 11.5 Å². The van der Waals surface area contributed by atoms with E-state index in [1.807, 2.05) is 68.4 Å². The molecule has 0 spiro atoms. The quantitative estimate of drug-likeness (QED) is 0.250. The minimum Gasteiger partial charge on any atom is -0.457 e. The van der Waals surface area contributed by atoms with Crippen LogP contribution in [0.2, 0.25) is 0 Å². The first-order valence-corrected chi connectivity index (χ1v) is 10.5. The van der Waals surface area contributed by atoms with Gasteiger partial charge in [-0.15, -0.1) is 0 Å². The summed E-state index contributed by atoms with van der Waals surface area (Å²) in [5, 5.41) is 15.1. The highest BCUT2D eigenvalue weighted by molar-refractivity contribution is 5.78. The van der Waals surface area contributed by atoms with Crippen molar-refractivity contribution in [3.63, 3.8) is 0 Å². The number of aryl methyl sites for hydroxylation is 1. The number of nitrogens with zero attached hydrogens (tertiary/aromatic N) is 4. The van der Waals surface area contributed by atoms with Gasteiger partial charge in [0.05, 0.1) is 4.92 Å². The summed E-state index contributed by atoms with van der Waals surface area (Å²) in [4.78, 5) is 21.8. The molecule has 0 radical (unpaired) electrons. The van der Waals surface area contributed by atoms with Gasteiger partial charge in [-0.1, -0.05) is 30.3 Å². The summed E-state index contributed by atoms with van der Waals surface area (Å²) in [5.41, 5.74) is 2.33. The molecule has 33 heavy (non-hydrogen) atoms. The summed E-state index contributed by atoms with van der Waals surface area (Å²) >= 11 is 0. The van der Waals surface area contributed by atoms with Gasteiger partial charge in [0.15, 0.2) is 0 Å². The van der Waals surface area contributed by atoms with Crippen LogP contribution in [0.15, 0.2) is 85.2 Å². The summed E-state index contributed by atoms with van der Waals surface area (Å²) in [7, 11) is 0. The molecule has 0 aliphatic carbocycles. The number of anilines is 4. The zero-order chi connectivity index (χ0) is 23.2. The van der Waals surface area contributed by atoms with Crippen molar-refractivity contribution in [2.24, 2.45) is 0 Å². The molecule has 0 unspecified atom stereocenters. The van der Waals surface area contributed by atoms with Gasteiger partial charge in [-0.2, -0.15) is 0 Å². The number of benzene rings is 3. The van der Waals surface area contributed by atoms with Crippen molar-refractivity contribution in [1.29, 1.82) is 0 Å². The summed E-state index contributed by atoms with van der Waals surface area (Å²) in [6, 6.07) is 24.3. The number of aromatic nitrogens is 2. The highest BCUT2D eigenvalue weighted by Gasteiger charge is 2.27. The Morgan fingerprint density at radius 3 is 2.36 bits per heavy atom. The normalized spacial score (nSPS) is 10.5. The zero-order valence-electron chi connectivity index (χ0n) is 18.3. The van der Waals surface area contributed by atoms with Gasteiger partial charge in [0.1, 0.15) is 17.8 Å². The minimum absolute atomic E-state index is 0.118. The van der Waals surface area contributed by atoms with Crippen LogP contribution < -0.4 is 15.0 Å². The van der Waals surface area contributed by atoms with E-state index in [0.29, 0.717) is 18.0 Å². The molecule has 1 aromatic heterocycles. The lowest BCUT2D eigenvalue weighted by atomic mass is 10.2. The molecule has 0 bridgehead atoms. The number of nitrogens with one attached hydrogen (secondary N) is 1. The highest BCUT2D eigenvalue weighted by atomic mass is 16.6. The highest BCUT2D eigenvalue weighted by Crippen LogP contribution is 2.37. The Morgan fingerprint density at radius 2 is 1.70 bits per heavy atom. The van der Waals surface area contributed by atoms with Crippen molar-refractivity contribution < 1.29 is 9.66 Å². The van der Waals surface area contributed by atoms with Crippen LogP contribution in [0.4, 0.5) is 28.7 Å². The molecule has 0 aliphatic rings. The second-order valence-electron chi connectivity index (χ2n) is 7.30. The number of hydrogen-bond acceptors (Lipinski definition) is 7. The van der Waals surface area contributed by atoms with Crippen LogP contribution in [-0.2, 0) is 0 Å². The van der Waals surface area contributed by atoms with Crippen molar-refractivity contribution in [2.75, 3.05) is 16.8 Å². The third-order valence-corrected chi connectivity index (χ3v) is 4.97. The molecule has 0 saturated carbocycles.